The first-order valence-electron chi connectivity index (χ1n) is 9.57. The highest BCUT2D eigenvalue weighted by atomic mass is 32.2. The number of carbonyl (C=O) groups excluding carboxylic acids is 1. The molecule has 3 aromatic rings. The Balaban J connectivity index is 1.67. The maximum atomic E-state index is 12.7. The fourth-order valence-electron chi connectivity index (χ4n) is 3.51. The second kappa shape index (κ2) is 9.61. The summed E-state index contributed by atoms with van der Waals surface area (Å²) < 4.78 is 0. The first-order valence-corrected chi connectivity index (χ1v) is 10.7. The molecule has 0 aliphatic rings. The molecule has 3 aromatic carbocycles. The number of aryl methyl sites for hydroxylation is 3. The highest BCUT2D eigenvalue weighted by molar-refractivity contribution is 7.99. The van der Waals surface area contributed by atoms with E-state index in [0.29, 0.717) is 5.75 Å². The third-order valence-corrected chi connectivity index (χ3v) is 5.72. The van der Waals surface area contributed by atoms with Crippen LogP contribution in [0.2, 0.25) is 0 Å². The number of hydrogen-bond acceptors (Lipinski definition) is 2. The summed E-state index contributed by atoms with van der Waals surface area (Å²) in [5.74, 6) is 1.35. The van der Waals surface area contributed by atoms with Crippen LogP contribution in [0.3, 0.4) is 0 Å². The van der Waals surface area contributed by atoms with E-state index >= 15 is 0 Å². The predicted octanol–water partition coefficient (Wildman–Crippen LogP) is 5.75. The van der Waals surface area contributed by atoms with Gasteiger partial charge in [0.25, 0.3) is 0 Å². The lowest BCUT2D eigenvalue weighted by molar-refractivity contribution is -0.119. The van der Waals surface area contributed by atoms with Gasteiger partial charge in [-0.2, -0.15) is 0 Å². The normalized spacial score (nSPS) is 11.8. The molecular formula is C25H27NOS. The summed E-state index contributed by atoms with van der Waals surface area (Å²) >= 11 is 1.66. The van der Waals surface area contributed by atoms with Gasteiger partial charge in [0, 0.05) is 5.75 Å². The van der Waals surface area contributed by atoms with E-state index in [-0.39, 0.29) is 11.9 Å². The minimum Gasteiger partial charge on any atom is -0.344 e. The third-order valence-electron chi connectivity index (χ3n) is 4.72. The lowest BCUT2D eigenvalue weighted by Gasteiger charge is -2.21. The van der Waals surface area contributed by atoms with Crippen LogP contribution < -0.4 is 5.32 Å². The Morgan fingerprint density at radius 3 is 2.21 bits per heavy atom. The van der Waals surface area contributed by atoms with Gasteiger partial charge in [-0.1, -0.05) is 83.9 Å². The van der Waals surface area contributed by atoms with E-state index in [0.717, 1.165) is 16.9 Å². The largest absolute Gasteiger partial charge is 0.344 e. The topological polar surface area (TPSA) is 29.1 Å². The van der Waals surface area contributed by atoms with Crippen LogP contribution in [0.15, 0.2) is 72.8 Å². The van der Waals surface area contributed by atoms with Crippen LogP contribution in [0.25, 0.3) is 0 Å². The fourth-order valence-corrected chi connectivity index (χ4v) is 4.29. The highest BCUT2D eigenvalue weighted by Crippen LogP contribution is 2.25. The predicted molar refractivity (Wildman–Crippen MR) is 120 cm³/mol. The average molecular weight is 390 g/mol. The van der Waals surface area contributed by atoms with Crippen molar-refractivity contribution in [3.05, 3.63) is 106 Å². The molecule has 0 aromatic heterocycles. The first kappa shape index (κ1) is 20.2. The van der Waals surface area contributed by atoms with Crippen LogP contribution in [0.1, 0.15) is 39.4 Å². The molecule has 0 saturated heterocycles. The molecule has 144 valence electrons. The molecule has 1 amide bonds. The van der Waals surface area contributed by atoms with Crippen molar-refractivity contribution >= 4 is 17.7 Å². The number of carbonyl (C=O) groups is 1. The van der Waals surface area contributed by atoms with Gasteiger partial charge in [0.1, 0.15) is 0 Å². The summed E-state index contributed by atoms with van der Waals surface area (Å²) in [7, 11) is 0. The van der Waals surface area contributed by atoms with Crippen molar-refractivity contribution < 1.29 is 4.79 Å². The Labute approximate surface area is 172 Å². The molecule has 1 atom stereocenters. The van der Waals surface area contributed by atoms with Crippen LogP contribution in [-0.4, -0.2) is 11.7 Å². The standard InChI is InChI=1S/C25H27NOS/c1-18-13-19(2)15-21(14-18)16-28-17-24(27)26-25(22-10-5-4-6-11-22)23-12-8-7-9-20(23)3/h4-15,25H,16-17H2,1-3H3,(H,26,27)/t25-/m1/s1. The highest BCUT2D eigenvalue weighted by Gasteiger charge is 2.18. The van der Waals surface area contributed by atoms with Gasteiger partial charge in [-0.05, 0) is 43.0 Å². The second-order valence-corrected chi connectivity index (χ2v) is 8.24. The number of benzene rings is 3. The Kier molecular flexibility index (Phi) is 6.94. The van der Waals surface area contributed by atoms with Gasteiger partial charge < -0.3 is 5.32 Å². The Hall–Kier alpha value is -2.52. The van der Waals surface area contributed by atoms with E-state index < -0.39 is 0 Å². The van der Waals surface area contributed by atoms with Crippen molar-refractivity contribution in [3.63, 3.8) is 0 Å². The molecule has 0 spiro atoms. The zero-order valence-corrected chi connectivity index (χ0v) is 17.6. The molecule has 0 aliphatic heterocycles. The molecule has 1 N–H and O–H groups in total. The van der Waals surface area contributed by atoms with Crippen LogP contribution in [-0.2, 0) is 10.5 Å². The minimum absolute atomic E-state index is 0.0616. The zero-order valence-electron chi connectivity index (χ0n) is 16.7. The third kappa shape index (κ3) is 5.49. The van der Waals surface area contributed by atoms with Gasteiger partial charge in [0.2, 0.25) is 5.91 Å². The van der Waals surface area contributed by atoms with E-state index in [1.54, 1.807) is 11.8 Å². The lowest BCUT2D eigenvalue weighted by atomic mass is 9.95. The molecule has 0 unspecified atom stereocenters. The van der Waals surface area contributed by atoms with Crippen LogP contribution in [0, 0.1) is 20.8 Å². The lowest BCUT2D eigenvalue weighted by Crippen LogP contribution is -2.31. The number of hydrogen-bond donors (Lipinski definition) is 1. The Morgan fingerprint density at radius 1 is 0.893 bits per heavy atom. The van der Waals surface area contributed by atoms with Crippen molar-refractivity contribution in [1.29, 1.82) is 0 Å². The first-order chi connectivity index (χ1) is 13.5. The Bertz CT molecular complexity index is 916. The van der Waals surface area contributed by atoms with Crippen molar-refractivity contribution in [2.75, 3.05) is 5.75 Å². The number of nitrogens with one attached hydrogen (secondary N) is 1. The summed E-state index contributed by atoms with van der Waals surface area (Å²) in [4.78, 5) is 12.7. The van der Waals surface area contributed by atoms with E-state index in [1.807, 2.05) is 30.3 Å². The maximum absolute atomic E-state index is 12.7. The van der Waals surface area contributed by atoms with Gasteiger partial charge >= 0.3 is 0 Å². The Morgan fingerprint density at radius 2 is 1.54 bits per heavy atom. The smallest absolute Gasteiger partial charge is 0.230 e. The molecule has 0 aliphatic carbocycles. The molecule has 0 heterocycles. The molecule has 0 radical (unpaired) electrons. The zero-order chi connectivity index (χ0) is 19.9. The van der Waals surface area contributed by atoms with Crippen molar-refractivity contribution in [1.82, 2.24) is 5.32 Å². The van der Waals surface area contributed by atoms with Crippen LogP contribution in [0.5, 0.6) is 0 Å². The molecule has 3 rings (SSSR count). The van der Waals surface area contributed by atoms with Gasteiger partial charge in [0.15, 0.2) is 0 Å². The van der Waals surface area contributed by atoms with Crippen LogP contribution in [0.4, 0.5) is 0 Å². The van der Waals surface area contributed by atoms with Gasteiger partial charge in [-0.3, -0.25) is 4.79 Å². The summed E-state index contributed by atoms with van der Waals surface area (Å²) in [6, 6.07) is 24.8. The molecule has 2 nitrogen and oxygen atoms in total. The number of amides is 1. The van der Waals surface area contributed by atoms with E-state index in [4.69, 9.17) is 0 Å². The van der Waals surface area contributed by atoms with E-state index in [9.17, 15) is 4.79 Å². The average Bonchev–Trinajstić information content (AvgIpc) is 2.67. The summed E-state index contributed by atoms with van der Waals surface area (Å²) in [6.45, 7) is 6.31. The minimum atomic E-state index is -0.128. The van der Waals surface area contributed by atoms with E-state index in [2.05, 4.69) is 68.6 Å². The number of thioether (sulfide) groups is 1. The second-order valence-electron chi connectivity index (χ2n) is 7.26. The fraction of sp³-hybridized carbons (Fsp3) is 0.240. The number of rotatable bonds is 7. The maximum Gasteiger partial charge on any atom is 0.230 e. The summed E-state index contributed by atoms with van der Waals surface area (Å²) in [6.07, 6.45) is 0. The van der Waals surface area contributed by atoms with Gasteiger partial charge in [-0.15, -0.1) is 11.8 Å². The molecule has 0 saturated carbocycles. The monoisotopic (exact) mass is 389 g/mol. The summed E-state index contributed by atoms with van der Waals surface area (Å²) in [5.41, 5.74) is 7.23. The van der Waals surface area contributed by atoms with Gasteiger partial charge in [0.05, 0.1) is 11.8 Å². The molecule has 3 heteroatoms. The van der Waals surface area contributed by atoms with Crippen molar-refractivity contribution in [2.24, 2.45) is 0 Å². The van der Waals surface area contributed by atoms with E-state index in [1.165, 1.54) is 22.3 Å². The van der Waals surface area contributed by atoms with Crippen molar-refractivity contribution in [3.8, 4) is 0 Å². The van der Waals surface area contributed by atoms with Crippen molar-refractivity contribution in [2.45, 2.75) is 32.6 Å². The molecule has 0 bridgehead atoms. The van der Waals surface area contributed by atoms with Gasteiger partial charge in [-0.25, -0.2) is 0 Å². The van der Waals surface area contributed by atoms with Crippen LogP contribution >= 0.6 is 11.8 Å². The summed E-state index contributed by atoms with van der Waals surface area (Å²) in [5, 5.41) is 3.24. The molecular weight excluding hydrogens is 362 g/mol. The SMILES string of the molecule is Cc1cc(C)cc(CSCC(=O)N[C@H](c2ccccc2)c2ccccc2C)c1. The molecule has 28 heavy (non-hydrogen) atoms. The quantitative estimate of drug-likeness (QED) is 0.557. The molecule has 0 fully saturated rings.